The highest BCUT2D eigenvalue weighted by Gasteiger charge is 2.17. The lowest BCUT2D eigenvalue weighted by atomic mass is 10.2. The molecule has 1 aliphatic heterocycles. The Labute approximate surface area is 98.7 Å². The summed E-state index contributed by atoms with van der Waals surface area (Å²) >= 11 is 5.34. The molecule has 2 atom stereocenters. The summed E-state index contributed by atoms with van der Waals surface area (Å²) < 4.78 is 0. The number of hydrogen-bond donors (Lipinski definition) is 1. The highest BCUT2D eigenvalue weighted by atomic mass is 79.9. The average Bonchev–Trinajstić information content (AvgIpc) is 2.26. The van der Waals surface area contributed by atoms with Gasteiger partial charge in [0.05, 0.1) is 4.83 Å². The molecule has 0 saturated carbocycles. The lowest BCUT2D eigenvalue weighted by molar-refractivity contribution is -0.120. The Hall–Kier alpha value is 0.300. The molecule has 0 radical (unpaired) electrons. The molecule has 0 aliphatic carbocycles. The Morgan fingerprint density at radius 3 is 3.00 bits per heavy atom. The zero-order chi connectivity index (χ0) is 10.4. The first-order chi connectivity index (χ1) is 6.74. The van der Waals surface area contributed by atoms with Crippen molar-refractivity contribution in [1.82, 2.24) is 5.32 Å². The molecule has 0 bridgehead atoms. The molecule has 1 N–H and O–H groups in total. The minimum absolute atomic E-state index is 0.0175. The molecule has 1 amide bonds. The van der Waals surface area contributed by atoms with Crippen molar-refractivity contribution in [2.45, 2.75) is 42.7 Å². The normalized spacial score (nSPS) is 24.3. The van der Waals surface area contributed by atoms with Crippen LogP contribution in [0.15, 0.2) is 0 Å². The fourth-order valence-electron chi connectivity index (χ4n) is 1.48. The topological polar surface area (TPSA) is 29.1 Å². The van der Waals surface area contributed by atoms with E-state index in [2.05, 4.69) is 21.2 Å². The van der Waals surface area contributed by atoms with Gasteiger partial charge >= 0.3 is 0 Å². The predicted molar refractivity (Wildman–Crippen MR) is 66.1 cm³/mol. The number of halogens is 1. The third kappa shape index (κ3) is 4.22. The van der Waals surface area contributed by atoms with Gasteiger partial charge in [-0.2, -0.15) is 11.8 Å². The van der Waals surface area contributed by atoms with Crippen LogP contribution in [0.3, 0.4) is 0 Å². The maximum Gasteiger partial charge on any atom is 0.233 e. The number of amides is 1. The minimum Gasteiger partial charge on any atom is -0.354 e. The van der Waals surface area contributed by atoms with Crippen molar-refractivity contribution >= 4 is 33.6 Å². The molecule has 1 aliphatic rings. The zero-order valence-corrected chi connectivity index (χ0v) is 11.0. The van der Waals surface area contributed by atoms with Crippen LogP contribution in [0.4, 0.5) is 0 Å². The maximum atomic E-state index is 11.4. The quantitative estimate of drug-likeness (QED) is 0.802. The Morgan fingerprint density at radius 2 is 2.43 bits per heavy atom. The number of alkyl halides is 1. The maximum absolute atomic E-state index is 11.4. The van der Waals surface area contributed by atoms with E-state index < -0.39 is 0 Å². The molecular formula is C10H18BrNOS. The minimum atomic E-state index is -0.0175. The molecule has 1 heterocycles. The van der Waals surface area contributed by atoms with Crippen LogP contribution in [0.2, 0.25) is 0 Å². The van der Waals surface area contributed by atoms with Crippen molar-refractivity contribution < 1.29 is 4.79 Å². The van der Waals surface area contributed by atoms with Gasteiger partial charge in [0.25, 0.3) is 0 Å². The van der Waals surface area contributed by atoms with Gasteiger partial charge in [-0.15, -0.1) is 0 Å². The number of nitrogens with one attached hydrogen (secondary N) is 1. The smallest absolute Gasteiger partial charge is 0.233 e. The summed E-state index contributed by atoms with van der Waals surface area (Å²) in [4.78, 5) is 11.4. The molecule has 1 saturated heterocycles. The van der Waals surface area contributed by atoms with Gasteiger partial charge < -0.3 is 5.32 Å². The Morgan fingerprint density at radius 1 is 1.64 bits per heavy atom. The van der Waals surface area contributed by atoms with Crippen LogP contribution in [0.25, 0.3) is 0 Å². The number of thioether (sulfide) groups is 1. The number of carbonyl (C=O) groups is 1. The van der Waals surface area contributed by atoms with Crippen LogP contribution in [-0.4, -0.2) is 28.3 Å². The Balaban J connectivity index is 2.15. The van der Waals surface area contributed by atoms with Crippen molar-refractivity contribution in [1.29, 1.82) is 0 Å². The predicted octanol–water partition coefficient (Wildman–Crippen LogP) is 2.56. The second kappa shape index (κ2) is 6.72. The Kier molecular flexibility index (Phi) is 5.94. The molecule has 4 heteroatoms. The molecule has 0 aromatic rings. The number of carbonyl (C=O) groups excluding carboxylic acids is 1. The zero-order valence-electron chi connectivity index (χ0n) is 8.59. The SMILES string of the molecule is CCC(Br)C(=O)NCC1CCCCS1. The molecule has 2 nitrogen and oxygen atoms in total. The lowest BCUT2D eigenvalue weighted by Crippen LogP contribution is -2.36. The van der Waals surface area contributed by atoms with Gasteiger partial charge in [-0.05, 0) is 25.0 Å². The summed E-state index contributed by atoms with van der Waals surface area (Å²) in [6.45, 7) is 2.85. The van der Waals surface area contributed by atoms with E-state index >= 15 is 0 Å². The van der Waals surface area contributed by atoms with E-state index in [1.54, 1.807) is 0 Å². The molecule has 82 valence electrons. The van der Waals surface area contributed by atoms with Crippen LogP contribution in [0.5, 0.6) is 0 Å². The molecule has 2 unspecified atom stereocenters. The highest BCUT2D eigenvalue weighted by molar-refractivity contribution is 9.10. The third-order valence-corrected chi connectivity index (χ3v) is 4.88. The van der Waals surface area contributed by atoms with Gasteiger partial charge in [0.2, 0.25) is 5.91 Å². The van der Waals surface area contributed by atoms with Crippen LogP contribution < -0.4 is 5.32 Å². The van der Waals surface area contributed by atoms with E-state index in [4.69, 9.17) is 0 Å². The third-order valence-electron chi connectivity index (χ3n) is 2.42. The first-order valence-corrected chi connectivity index (χ1v) is 7.24. The standard InChI is InChI=1S/C10H18BrNOS/c1-2-9(11)10(13)12-7-8-5-3-4-6-14-8/h8-9H,2-7H2,1H3,(H,12,13). The molecule has 0 aromatic heterocycles. The first kappa shape index (κ1) is 12.4. The summed E-state index contributed by atoms with van der Waals surface area (Å²) in [5.74, 6) is 1.39. The van der Waals surface area contributed by atoms with Gasteiger partial charge in [0, 0.05) is 11.8 Å². The van der Waals surface area contributed by atoms with Gasteiger partial charge in [-0.1, -0.05) is 29.3 Å². The van der Waals surface area contributed by atoms with Crippen molar-refractivity contribution in [2.24, 2.45) is 0 Å². The fourth-order valence-corrected chi connectivity index (χ4v) is 2.88. The molecule has 0 aromatic carbocycles. The number of rotatable bonds is 4. The fraction of sp³-hybridized carbons (Fsp3) is 0.900. The van der Waals surface area contributed by atoms with Gasteiger partial charge in [0.1, 0.15) is 0 Å². The van der Waals surface area contributed by atoms with Crippen molar-refractivity contribution in [3.8, 4) is 0 Å². The van der Waals surface area contributed by atoms with Crippen molar-refractivity contribution in [3.05, 3.63) is 0 Å². The van der Waals surface area contributed by atoms with Crippen LogP contribution in [-0.2, 0) is 4.79 Å². The lowest BCUT2D eigenvalue weighted by Gasteiger charge is -2.21. The van der Waals surface area contributed by atoms with Crippen LogP contribution >= 0.6 is 27.7 Å². The monoisotopic (exact) mass is 279 g/mol. The average molecular weight is 280 g/mol. The summed E-state index contributed by atoms with van der Waals surface area (Å²) in [5.41, 5.74) is 0. The van der Waals surface area contributed by atoms with E-state index in [1.807, 2.05) is 18.7 Å². The van der Waals surface area contributed by atoms with E-state index in [0.717, 1.165) is 13.0 Å². The van der Waals surface area contributed by atoms with Crippen molar-refractivity contribution in [2.75, 3.05) is 12.3 Å². The van der Waals surface area contributed by atoms with E-state index in [-0.39, 0.29) is 10.7 Å². The number of hydrogen-bond acceptors (Lipinski definition) is 2. The van der Waals surface area contributed by atoms with Crippen molar-refractivity contribution in [3.63, 3.8) is 0 Å². The summed E-state index contributed by atoms with van der Waals surface area (Å²) in [7, 11) is 0. The summed E-state index contributed by atoms with van der Waals surface area (Å²) in [5, 5.41) is 3.64. The molecule has 1 fully saturated rings. The summed E-state index contributed by atoms with van der Waals surface area (Å²) in [6.07, 6.45) is 4.76. The van der Waals surface area contributed by atoms with E-state index in [1.165, 1.54) is 25.0 Å². The first-order valence-electron chi connectivity index (χ1n) is 5.27. The molecule has 14 heavy (non-hydrogen) atoms. The second-order valence-electron chi connectivity index (χ2n) is 3.61. The largest absolute Gasteiger partial charge is 0.354 e. The van der Waals surface area contributed by atoms with Crippen LogP contribution in [0, 0.1) is 0 Å². The summed E-state index contributed by atoms with van der Waals surface area (Å²) in [6, 6.07) is 0. The molecule has 1 rings (SSSR count). The van der Waals surface area contributed by atoms with Gasteiger partial charge in [-0.3, -0.25) is 4.79 Å². The Bertz CT molecular complexity index is 183. The molecule has 0 spiro atoms. The van der Waals surface area contributed by atoms with Gasteiger partial charge in [0.15, 0.2) is 0 Å². The van der Waals surface area contributed by atoms with Crippen LogP contribution in [0.1, 0.15) is 32.6 Å². The van der Waals surface area contributed by atoms with E-state index in [9.17, 15) is 4.79 Å². The molecular weight excluding hydrogens is 262 g/mol. The van der Waals surface area contributed by atoms with Gasteiger partial charge in [-0.25, -0.2) is 0 Å². The highest BCUT2D eigenvalue weighted by Crippen LogP contribution is 2.24. The van der Waals surface area contributed by atoms with E-state index in [0.29, 0.717) is 5.25 Å². The second-order valence-corrected chi connectivity index (χ2v) is 6.12.